The van der Waals surface area contributed by atoms with Gasteiger partial charge in [0.2, 0.25) is 11.8 Å². The van der Waals surface area contributed by atoms with Crippen molar-refractivity contribution in [2.45, 2.75) is 0 Å². The van der Waals surface area contributed by atoms with Gasteiger partial charge in [-0.2, -0.15) is 0 Å². The molecule has 0 aliphatic heterocycles. The van der Waals surface area contributed by atoms with E-state index in [1.807, 2.05) is 0 Å². The van der Waals surface area contributed by atoms with Gasteiger partial charge in [-0.3, -0.25) is 9.59 Å². The summed E-state index contributed by atoms with van der Waals surface area (Å²) < 4.78 is 31.0. The maximum absolute atomic E-state index is 13.5. The van der Waals surface area contributed by atoms with Gasteiger partial charge in [-0.1, -0.05) is 0 Å². The fraction of sp³-hybridized carbons (Fsp3) is 0.0588. The number of methoxy groups -OCH3 is 1. The maximum atomic E-state index is 13.5. The number of nitrogens with one attached hydrogen (secondary N) is 2. The quantitative estimate of drug-likeness (QED) is 0.827. The number of amides is 2. The van der Waals surface area contributed by atoms with Crippen LogP contribution in [0.1, 0.15) is 0 Å². The highest BCUT2D eigenvalue weighted by Crippen LogP contribution is 2.20. The summed E-state index contributed by atoms with van der Waals surface area (Å²) in [6.07, 6.45) is 2.01. The molecule has 5 nitrogen and oxygen atoms in total. The van der Waals surface area contributed by atoms with Crippen LogP contribution < -0.4 is 15.4 Å². The van der Waals surface area contributed by atoms with E-state index in [1.54, 1.807) is 0 Å². The Hall–Kier alpha value is -3.22. The first-order valence-corrected chi connectivity index (χ1v) is 6.87. The van der Waals surface area contributed by atoms with Gasteiger partial charge in [-0.05, 0) is 36.4 Å². The Balaban J connectivity index is 1.91. The van der Waals surface area contributed by atoms with Gasteiger partial charge in [0.15, 0.2) is 11.6 Å². The third-order valence-electron chi connectivity index (χ3n) is 2.92. The Kier molecular flexibility index (Phi) is 5.62. The molecule has 2 aromatic carbocycles. The third kappa shape index (κ3) is 4.91. The molecule has 0 saturated carbocycles. The smallest absolute Gasteiger partial charge is 0.248 e. The lowest BCUT2D eigenvalue weighted by Crippen LogP contribution is -2.12. The van der Waals surface area contributed by atoms with Crippen molar-refractivity contribution in [2.75, 3.05) is 17.7 Å². The van der Waals surface area contributed by atoms with Crippen molar-refractivity contribution in [3.8, 4) is 5.75 Å². The molecule has 0 unspecified atom stereocenters. The van der Waals surface area contributed by atoms with Crippen LogP contribution in [0.15, 0.2) is 54.6 Å². The Morgan fingerprint density at radius 2 is 1.46 bits per heavy atom. The molecule has 2 N–H and O–H groups in total. The minimum Gasteiger partial charge on any atom is -0.494 e. The van der Waals surface area contributed by atoms with Crippen LogP contribution in [0.25, 0.3) is 0 Å². The number of hydrogen-bond acceptors (Lipinski definition) is 3. The molecule has 0 saturated heterocycles. The topological polar surface area (TPSA) is 67.4 Å². The lowest BCUT2D eigenvalue weighted by molar-refractivity contribution is -0.114. The number of carbonyl (C=O) groups is 2. The third-order valence-corrected chi connectivity index (χ3v) is 2.92. The second-order valence-electron chi connectivity index (χ2n) is 4.67. The van der Waals surface area contributed by atoms with Gasteiger partial charge in [0.05, 0.1) is 7.11 Å². The normalized spacial score (nSPS) is 10.5. The number of hydrogen-bond donors (Lipinski definition) is 2. The molecule has 2 rings (SSSR count). The second kappa shape index (κ2) is 7.87. The number of halogens is 2. The van der Waals surface area contributed by atoms with Crippen molar-refractivity contribution in [1.29, 1.82) is 0 Å². The number of ether oxygens (including phenoxy) is 1. The average Bonchev–Trinajstić information content (AvgIpc) is 2.55. The number of benzene rings is 2. The fourth-order valence-corrected chi connectivity index (χ4v) is 1.80. The maximum Gasteiger partial charge on any atom is 0.248 e. The highest BCUT2D eigenvalue weighted by Gasteiger charge is 2.05. The highest BCUT2D eigenvalue weighted by molar-refractivity contribution is 6.06. The van der Waals surface area contributed by atoms with Gasteiger partial charge in [0, 0.05) is 29.6 Å². The molecule has 0 fully saturated rings. The summed E-state index contributed by atoms with van der Waals surface area (Å²) in [6, 6.07) is 9.11. The van der Waals surface area contributed by atoms with E-state index >= 15 is 0 Å². The summed E-state index contributed by atoms with van der Waals surface area (Å²) in [5.74, 6) is -2.14. The first kappa shape index (κ1) is 17.1. The van der Waals surface area contributed by atoms with Gasteiger partial charge in [0.25, 0.3) is 0 Å². The molecule has 2 aromatic rings. The minimum absolute atomic E-state index is 0.0576. The van der Waals surface area contributed by atoms with Crippen LogP contribution in [-0.4, -0.2) is 18.9 Å². The van der Waals surface area contributed by atoms with Gasteiger partial charge < -0.3 is 15.4 Å². The summed E-state index contributed by atoms with van der Waals surface area (Å²) in [4.78, 5) is 23.3. The van der Waals surface area contributed by atoms with E-state index in [2.05, 4.69) is 10.6 Å². The summed E-state index contributed by atoms with van der Waals surface area (Å²) in [5, 5.41) is 4.87. The van der Waals surface area contributed by atoms with Crippen molar-refractivity contribution in [2.24, 2.45) is 0 Å². The van der Waals surface area contributed by atoms with E-state index in [-0.39, 0.29) is 11.4 Å². The molecule has 0 heterocycles. The van der Waals surface area contributed by atoms with Crippen molar-refractivity contribution < 1.29 is 23.1 Å². The average molecular weight is 332 g/mol. The Morgan fingerprint density at radius 1 is 0.917 bits per heavy atom. The Labute approximate surface area is 136 Å². The predicted molar refractivity (Wildman–Crippen MR) is 85.8 cm³/mol. The lowest BCUT2D eigenvalue weighted by Gasteiger charge is -2.05. The monoisotopic (exact) mass is 332 g/mol. The molecule has 0 aliphatic carbocycles. The zero-order chi connectivity index (χ0) is 17.5. The zero-order valence-corrected chi connectivity index (χ0v) is 12.7. The molecule has 0 bridgehead atoms. The first-order chi connectivity index (χ1) is 11.5. The van der Waals surface area contributed by atoms with Crippen molar-refractivity contribution in [3.05, 3.63) is 66.3 Å². The summed E-state index contributed by atoms with van der Waals surface area (Å²) in [7, 11) is 1.33. The van der Waals surface area contributed by atoms with E-state index in [0.717, 1.165) is 18.2 Å². The SMILES string of the molecule is COc1ccc(NC(=O)/C=C\C(=O)Nc2ccc(F)cc2)cc1F. The van der Waals surface area contributed by atoms with Crippen LogP contribution in [0.2, 0.25) is 0 Å². The van der Waals surface area contributed by atoms with E-state index in [4.69, 9.17) is 4.74 Å². The van der Waals surface area contributed by atoms with Gasteiger partial charge in [0.1, 0.15) is 5.82 Å². The minimum atomic E-state index is -0.617. The van der Waals surface area contributed by atoms with E-state index in [9.17, 15) is 18.4 Å². The molecule has 24 heavy (non-hydrogen) atoms. The number of anilines is 2. The Morgan fingerprint density at radius 3 is 2.00 bits per heavy atom. The molecule has 0 atom stereocenters. The summed E-state index contributed by atoms with van der Waals surface area (Å²) in [6.45, 7) is 0. The van der Waals surface area contributed by atoms with Crippen LogP contribution in [0, 0.1) is 11.6 Å². The van der Waals surface area contributed by atoms with Crippen LogP contribution in [0.3, 0.4) is 0 Å². The lowest BCUT2D eigenvalue weighted by atomic mass is 10.3. The van der Waals surface area contributed by atoms with E-state index in [0.29, 0.717) is 5.69 Å². The summed E-state index contributed by atoms with van der Waals surface area (Å²) >= 11 is 0. The molecular weight excluding hydrogens is 318 g/mol. The number of carbonyl (C=O) groups excluding carboxylic acids is 2. The Bertz CT molecular complexity index is 774. The van der Waals surface area contributed by atoms with Crippen molar-refractivity contribution >= 4 is 23.2 Å². The van der Waals surface area contributed by atoms with Gasteiger partial charge >= 0.3 is 0 Å². The van der Waals surface area contributed by atoms with Crippen molar-refractivity contribution in [1.82, 2.24) is 0 Å². The van der Waals surface area contributed by atoms with E-state index in [1.165, 1.54) is 43.5 Å². The second-order valence-corrected chi connectivity index (χ2v) is 4.67. The number of rotatable bonds is 5. The van der Waals surface area contributed by atoms with Crippen LogP contribution in [0.4, 0.5) is 20.2 Å². The first-order valence-electron chi connectivity index (χ1n) is 6.87. The van der Waals surface area contributed by atoms with Crippen LogP contribution >= 0.6 is 0 Å². The fourth-order valence-electron chi connectivity index (χ4n) is 1.80. The molecule has 2 amide bonds. The van der Waals surface area contributed by atoms with E-state index < -0.39 is 23.4 Å². The highest BCUT2D eigenvalue weighted by atomic mass is 19.1. The van der Waals surface area contributed by atoms with Crippen LogP contribution in [-0.2, 0) is 9.59 Å². The van der Waals surface area contributed by atoms with Gasteiger partial charge in [-0.15, -0.1) is 0 Å². The molecule has 0 radical (unpaired) electrons. The molecular formula is C17H14F2N2O3. The zero-order valence-electron chi connectivity index (χ0n) is 12.7. The molecule has 0 aliphatic rings. The molecule has 0 aromatic heterocycles. The standard InChI is InChI=1S/C17H14F2N2O3/c1-24-15-7-6-13(10-14(15)19)21-17(23)9-8-16(22)20-12-4-2-11(18)3-5-12/h2-10H,1H3,(H,20,22)(H,21,23)/b9-8-. The van der Waals surface area contributed by atoms with Crippen molar-refractivity contribution in [3.63, 3.8) is 0 Å². The molecule has 0 spiro atoms. The van der Waals surface area contributed by atoms with Crippen LogP contribution in [0.5, 0.6) is 5.75 Å². The predicted octanol–water partition coefficient (Wildman–Crippen LogP) is 3.11. The molecule has 7 heteroatoms. The summed E-state index contributed by atoms with van der Waals surface area (Å²) in [5.41, 5.74) is 0.616. The largest absolute Gasteiger partial charge is 0.494 e. The molecule has 124 valence electrons. The van der Waals surface area contributed by atoms with Gasteiger partial charge in [-0.25, -0.2) is 8.78 Å².